The maximum atomic E-state index is 13.2. The number of para-hydroxylation sites is 1. The minimum Gasteiger partial charge on any atom is -0.510 e. The largest absolute Gasteiger partial charge is 0.707 e. The summed E-state index contributed by atoms with van der Waals surface area (Å²) < 4.78 is 45.8. The Labute approximate surface area is 68.8 Å². The van der Waals surface area contributed by atoms with Crippen LogP contribution < -0.4 is 4.65 Å². The van der Waals surface area contributed by atoms with Crippen molar-refractivity contribution in [3.05, 3.63) is 30.0 Å². The Kier molecular flexibility index (Phi) is 1.25. The van der Waals surface area contributed by atoms with E-state index in [1.165, 1.54) is 0 Å². The first-order valence-electron chi connectivity index (χ1n) is 4.65. The molecule has 0 saturated carbocycles. The van der Waals surface area contributed by atoms with E-state index in [-0.39, 0.29) is 0 Å². The van der Waals surface area contributed by atoms with E-state index in [1.54, 1.807) is 0 Å². The molecule has 0 amide bonds. The molecule has 0 heterocycles. The second-order valence-electron chi connectivity index (χ2n) is 1.59. The van der Waals surface area contributed by atoms with Crippen LogP contribution in [0.15, 0.2) is 24.2 Å². The van der Waals surface area contributed by atoms with Crippen LogP contribution in [0.3, 0.4) is 0 Å². The van der Waals surface area contributed by atoms with E-state index < -0.39 is 43.1 Å². The Bertz CT molecular complexity index is 371. The lowest BCUT2D eigenvalue weighted by atomic mass is 10.2. The van der Waals surface area contributed by atoms with Crippen molar-refractivity contribution >= 4 is 7.32 Å². The summed E-state index contributed by atoms with van der Waals surface area (Å²) >= 11 is 0. The Balaban J connectivity index is 3.39. The molecule has 1 aromatic rings. The second-order valence-corrected chi connectivity index (χ2v) is 1.59. The molecule has 0 saturated heterocycles. The first kappa shape index (κ1) is 4.08. The minimum absolute atomic E-state index is 0.711. The fourth-order valence-corrected chi connectivity index (χ4v) is 0.472. The highest BCUT2D eigenvalue weighted by Crippen LogP contribution is 2.14. The standard InChI is InChI=1S/C6H6BFO3/c8-5-3-1-2-4-6(5)11-7(9)10/h1-4,9-10H/i1D,2D,3D,4D. The maximum Gasteiger partial charge on any atom is 0.707 e. The van der Waals surface area contributed by atoms with Crippen LogP contribution in [-0.2, 0) is 0 Å². The van der Waals surface area contributed by atoms with E-state index in [4.69, 9.17) is 15.5 Å². The zero-order chi connectivity index (χ0) is 11.7. The zero-order valence-corrected chi connectivity index (χ0v) is 5.26. The molecule has 0 aliphatic carbocycles. The van der Waals surface area contributed by atoms with Crippen LogP contribution in [0.4, 0.5) is 4.39 Å². The number of hydrogen-bond donors (Lipinski definition) is 2. The van der Waals surface area contributed by atoms with E-state index in [1.807, 2.05) is 0 Å². The normalized spacial score (nSPS) is 14.5. The molecule has 58 valence electrons. The van der Waals surface area contributed by atoms with Crippen molar-refractivity contribution in [2.24, 2.45) is 0 Å². The highest BCUT2D eigenvalue weighted by molar-refractivity contribution is 6.33. The summed E-state index contributed by atoms with van der Waals surface area (Å²) in [6.07, 6.45) is 0. The van der Waals surface area contributed by atoms with Crippen LogP contribution in [-0.4, -0.2) is 17.4 Å². The third-order valence-electron chi connectivity index (χ3n) is 0.833. The number of benzene rings is 1. The molecule has 0 spiro atoms. The Hall–Kier alpha value is -1.07. The van der Waals surface area contributed by atoms with Gasteiger partial charge < -0.3 is 14.7 Å². The summed E-state index contributed by atoms with van der Waals surface area (Å²) in [6.45, 7) is 0. The second kappa shape index (κ2) is 3.36. The highest BCUT2D eigenvalue weighted by Gasteiger charge is 2.13. The molecule has 1 aromatic carbocycles. The lowest BCUT2D eigenvalue weighted by Crippen LogP contribution is -2.21. The van der Waals surface area contributed by atoms with Gasteiger partial charge in [-0.3, -0.25) is 0 Å². The third kappa shape index (κ3) is 2.21. The smallest absolute Gasteiger partial charge is 0.510 e. The lowest BCUT2D eigenvalue weighted by Gasteiger charge is -2.03. The molecule has 0 unspecified atom stereocenters. The van der Waals surface area contributed by atoms with Gasteiger partial charge in [0.1, 0.15) is 5.75 Å². The van der Waals surface area contributed by atoms with Gasteiger partial charge in [-0.2, -0.15) is 0 Å². The van der Waals surface area contributed by atoms with Crippen molar-refractivity contribution in [2.75, 3.05) is 0 Å². The van der Waals surface area contributed by atoms with Gasteiger partial charge in [0.2, 0.25) is 0 Å². The first-order valence-corrected chi connectivity index (χ1v) is 2.65. The molecule has 0 atom stereocenters. The van der Waals surface area contributed by atoms with Gasteiger partial charge in [0, 0.05) is 0 Å². The van der Waals surface area contributed by atoms with Crippen LogP contribution in [0.2, 0.25) is 0 Å². The van der Waals surface area contributed by atoms with Gasteiger partial charge in [-0.05, 0) is 12.1 Å². The summed E-state index contributed by atoms with van der Waals surface area (Å²) in [6, 6.07) is -3.19. The van der Waals surface area contributed by atoms with Gasteiger partial charge in [0.05, 0.1) is 5.48 Å². The summed E-state index contributed by atoms with van der Waals surface area (Å²) in [4.78, 5) is 0. The van der Waals surface area contributed by atoms with Crippen LogP contribution in [0.25, 0.3) is 0 Å². The monoisotopic (exact) mass is 160 g/mol. The average molecular weight is 160 g/mol. The predicted molar refractivity (Wildman–Crippen MR) is 37.2 cm³/mol. The van der Waals surface area contributed by atoms with Crippen LogP contribution >= 0.6 is 0 Å². The van der Waals surface area contributed by atoms with Gasteiger partial charge in [-0.1, -0.05) is 12.1 Å². The number of rotatable bonds is 2. The number of hydrogen-bond acceptors (Lipinski definition) is 3. The summed E-state index contributed by atoms with van der Waals surface area (Å²) in [5.41, 5.74) is 0. The van der Waals surface area contributed by atoms with E-state index in [2.05, 4.69) is 4.65 Å². The van der Waals surface area contributed by atoms with Crippen molar-refractivity contribution in [1.82, 2.24) is 0 Å². The molecule has 0 radical (unpaired) electrons. The average Bonchev–Trinajstić information content (AvgIpc) is 2.18. The summed E-state index contributed by atoms with van der Waals surface area (Å²) in [5.74, 6) is -2.29. The molecule has 0 aromatic heterocycles. The van der Waals surface area contributed by atoms with E-state index in [0.29, 0.717) is 0 Å². The van der Waals surface area contributed by atoms with Crippen molar-refractivity contribution in [3.8, 4) is 5.75 Å². The van der Waals surface area contributed by atoms with Crippen LogP contribution in [0, 0.1) is 5.82 Å². The Morgan fingerprint density at radius 3 is 2.73 bits per heavy atom. The minimum atomic E-state index is -2.35. The van der Waals surface area contributed by atoms with Gasteiger partial charge in [0.15, 0.2) is 5.82 Å². The molecule has 0 bridgehead atoms. The molecule has 5 heteroatoms. The SMILES string of the molecule is [2H]c1c([2H])c([2H])c(OB(O)O)c(F)c1[2H]. The zero-order valence-electron chi connectivity index (χ0n) is 9.26. The van der Waals surface area contributed by atoms with E-state index in [9.17, 15) is 4.39 Å². The first-order chi connectivity index (χ1) is 6.86. The molecular weight excluding hydrogens is 150 g/mol. The molecule has 0 aliphatic heterocycles. The molecule has 11 heavy (non-hydrogen) atoms. The van der Waals surface area contributed by atoms with Crippen molar-refractivity contribution in [1.29, 1.82) is 0 Å². The van der Waals surface area contributed by atoms with Crippen molar-refractivity contribution in [2.45, 2.75) is 0 Å². The van der Waals surface area contributed by atoms with Gasteiger partial charge in [0.25, 0.3) is 0 Å². The summed E-state index contributed by atoms with van der Waals surface area (Å²) in [5, 5.41) is 16.8. The van der Waals surface area contributed by atoms with Crippen molar-refractivity contribution < 1.29 is 24.6 Å². The molecular formula is C6H6BFO3. The number of halogens is 1. The van der Waals surface area contributed by atoms with Gasteiger partial charge in [-0.15, -0.1) is 0 Å². The maximum absolute atomic E-state index is 13.2. The van der Waals surface area contributed by atoms with Gasteiger partial charge >= 0.3 is 7.32 Å². The molecule has 1 rings (SSSR count). The molecule has 0 fully saturated rings. The van der Waals surface area contributed by atoms with Gasteiger partial charge in [-0.25, -0.2) is 4.39 Å². The fraction of sp³-hybridized carbons (Fsp3) is 0. The fourth-order valence-electron chi connectivity index (χ4n) is 0.472. The summed E-state index contributed by atoms with van der Waals surface area (Å²) in [7, 11) is -2.35. The lowest BCUT2D eigenvalue weighted by molar-refractivity contribution is 0.282. The van der Waals surface area contributed by atoms with Crippen LogP contribution in [0.1, 0.15) is 5.48 Å². The topological polar surface area (TPSA) is 49.7 Å². The molecule has 3 nitrogen and oxygen atoms in total. The van der Waals surface area contributed by atoms with E-state index in [0.717, 1.165) is 0 Å². The van der Waals surface area contributed by atoms with Crippen molar-refractivity contribution in [3.63, 3.8) is 0 Å². The Morgan fingerprint density at radius 1 is 1.45 bits per heavy atom. The van der Waals surface area contributed by atoms with Crippen LogP contribution in [0.5, 0.6) is 5.75 Å². The molecule has 0 aliphatic rings. The predicted octanol–water partition coefficient (Wildman–Crippen LogP) is 0.174. The Morgan fingerprint density at radius 2 is 2.09 bits per heavy atom. The third-order valence-corrected chi connectivity index (χ3v) is 0.833. The van der Waals surface area contributed by atoms with E-state index >= 15 is 0 Å². The molecule has 2 N–H and O–H groups in total. The quantitative estimate of drug-likeness (QED) is 0.606. The highest BCUT2D eigenvalue weighted by atomic mass is 19.1.